The highest BCUT2D eigenvalue weighted by molar-refractivity contribution is 5.83. The average Bonchev–Trinajstić information content (AvgIpc) is 3.00. The first-order chi connectivity index (χ1) is 10.2. The van der Waals surface area contributed by atoms with Crippen molar-refractivity contribution in [2.75, 3.05) is 12.3 Å². The van der Waals surface area contributed by atoms with Crippen LogP contribution in [0.15, 0.2) is 12.4 Å². The molecular formula is C13H17N5O3. The van der Waals surface area contributed by atoms with Crippen molar-refractivity contribution in [1.82, 2.24) is 19.5 Å². The normalized spacial score (nSPS) is 26.1. The first kappa shape index (κ1) is 13.9. The molecule has 112 valence electrons. The van der Waals surface area contributed by atoms with E-state index in [4.69, 9.17) is 10.5 Å². The summed E-state index contributed by atoms with van der Waals surface area (Å²) in [6.45, 7) is 1.64. The largest absolute Gasteiger partial charge is 0.394 e. The van der Waals surface area contributed by atoms with Crippen LogP contribution in [-0.4, -0.2) is 48.5 Å². The fraction of sp³-hybridized carbons (Fsp3) is 0.462. The molecular weight excluding hydrogens is 274 g/mol. The minimum atomic E-state index is -0.727. The minimum absolute atomic E-state index is 0.236. The molecule has 0 saturated carbocycles. The molecule has 0 bridgehead atoms. The van der Waals surface area contributed by atoms with Gasteiger partial charge in [-0.3, -0.25) is 4.57 Å². The summed E-state index contributed by atoms with van der Waals surface area (Å²) >= 11 is 0. The van der Waals surface area contributed by atoms with Crippen molar-refractivity contribution >= 4 is 23.1 Å². The Morgan fingerprint density at radius 3 is 3.00 bits per heavy atom. The zero-order chi connectivity index (χ0) is 15.0. The zero-order valence-corrected chi connectivity index (χ0v) is 11.5. The first-order valence-electron chi connectivity index (χ1n) is 6.71. The van der Waals surface area contributed by atoms with Crippen LogP contribution in [-0.2, 0) is 4.74 Å². The van der Waals surface area contributed by atoms with E-state index in [1.165, 1.54) is 6.33 Å². The maximum absolute atomic E-state index is 9.91. The van der Waals surface area contributed by atoms with Crippen molar-refractivity contribution in [2.45, 2.75) is 31.8 Å². The summed E-state index contributed by atoms with van der Waals surface area (Å²) in [6, 6.07) is 0. The molecule has 0 aromatic carbocycles. The van der Waals surface area contributed by atoms with E-state index in [-0.39, 0.29) is 6.61 Å². The van der Waals surface area contributed by atoms with Gasteiger partial charge in [0.25, 0.3) is 0 Å². The lowest BCUT2D eigenvalue weighted by Crippen LogP contribution is -2.24. The predicted molar refractivity (Wildman–Crippen MR) is 76.1 cm³/mol. The molecule has 0 unspecified atom stereocenters. The van der Waals surface area contributed by atoms with E-state index in [9.17, 15) is 10.2 Å². The van der Waals surface area contributed by atoms with Crippen LogP contribution in [0, 0.1) is 0 Å². The number of imidazole rings is 1. The average molecular weight is 291 g/mol. The predicted octanol–water partition coefficient (Wildman–Crippen LogP) is 0.0823. The number of rotatable bonds is 3. The summed E-state index contributed by atoms with van der Waals surface area (Å²) in [4.78, 5) is 12.6. The molecule has 8 nitrogen and oxygen atoms in total. The monoisotopic (exact) mass is 291 g/mol. The number of hydrogen-bond acceptors (Lipinski definition) is 7. The summed E-state index contributed by atoms with van der Waals surface area (Å²) in [6.07, 6.45) is 3.58. The van der Waals surface area contributed by atoms with Crippen LogP contribution in [0.3, 0.4) is 0 Å². The smallest absolute Gasteiger partial charge is 0.168 e. The van der Waals surface area contributed by atoms with Crippen molar-refractivity contribution in [3.63, 3.8) is 0 Å². The van der Waals surface area contributed by atoms with Crippen molar-refractivity contribution in [1.29, 1.82) is 0 Å². The van der Waals surface area contributed by atoms with Gasteiger partial charge < -0.3 is 20.7 Å². The van der Waals surface area contributed by atoms with Gasteiger partial charge in [0.1, 0.15) is 24.5 Å². The van der Waals surface area contributed by atoms with E-state index < -0.39 is 18.4 Å². The summed E-state index contributed by atoms with van der Waals surface area (Å²) in [5.74, 6) is 0.914. The third-order valence-corrected chi connectivity index (χ3v) is 3.52. The SMILES string of the molecule is C/C=C/c1nc2c(N)ncnc2n1[C@H]1C[C@H](O)[C@@H](CO)O1. The van der Waals surface area contributed by atoms with Gasteiger partial charge in [-0.05, 0) is 13.0 Å². The highest BCUT2D eigenvalue weighted by Crippen LogP contribution is 2.33. The first-order valence-corrected chi connectivity index (χ1v) is 6.71. The Bertz CT molecular complexity index is 684. The topological polar surface area (TPSA) is 119 Å². The van der Waals surface area contributed by atoms with Crippen LogP contribution >= 0.6 is 0 Å². The molecule has 2 aromatic rings. The molecule has 1 fully saturated rings. The highest BCUT2D eigenvalue weighted by atomic mass is 16.5. The fourth-order valence-corrected chi connectivity index (χ4v) is 2.53. The number of aromatic nitrogens is 4. The summed E-state index contributed by atoms with van der Waals surface area (Å²) in [7, 11) is 0. The molecule has 3 heterocycles. The molecule has 2 aromatic heterocycles. The Kier molecular flexibility index (Phi) is 3.58. The van der Waals surface area contributed by atoms with E-state index in [1.807, 2.05) is 19.1 Å². The molecule has 4 N–H and O–H groups in total. The van der Waals surface area contributed by atoms with Gasteiger partial charge in [-0.2, -0.15) is 0 Å². The number of allylic oxidation sites excluding steroid dienone is 1. The Morgan fingerprint density at radius 2 is 2.33 bits per heavy atom. The maximum atomic E-state index is 9.91. The number of anilines is 1. The molecule has 8 heteroatoms. The highest BCUT2D eigenvalue weighted by Gasteiger charge is 2.36. The quantitative estimate of drug-likeness (QED) is 0.732. The van der Waals surface area contributed by atoms with Gasteiger partial charge in [0.05, 0.1) is 12.7 Å². The van der Waals surface area contributed by atoms with Crippen molar-refractivity contribution in [3.05, 3.63) is 18.2 Å². The molecule has 1 aliphatic rings. The zero-order valence-electron chi connectivity index (χ0n) is 11.5. The summed E-state index contributed by atoms with van der Waals surface area (Å²) < 4.78 is 7.46. The van der Waals surface area contributed by atoms with Gasteiger partial charge in [0, 0.05) is 6.42 Å². The summed E-state index contributed by atoms with van der Waals surface area (Å²) in [5, 5.41) is 19.1. The van der Waals surface area contributed by atoms with Gasteiger partial charge in [-0.15, -0.1) is 0 Å². The van der Waals surface area contributed by atoms with E-state index in [1.54, 1.807) is 4.57 Å². The molecule has 1 aliphatic heterocycles. The number of nitrogens with two attached hydrogens (primary N) is 1. The Hall–Kier alpha value is -2.03. The lowest BCUT2D eigenvalue weighted by Gasteiger charge is -2.15. The maximum Gasteiger partial charge on any atom is 0.168 e. The van der Waals surface area contributed by atoms with Gasteiger partial charge in [0.15, 0.2) is 17.0 Å². The number of fused-ring (bicyclic) bond motifs is 1. The molecule has 1 saturated heterocycles. The van der Waals surface area contributed by atoms with Crippen molar-refractivity contribution < 1.29 is 14.9 Å². The summed E-state index contributed by atoms with van der Waals surface area (Å²) in [5.41, 5.74) is 6.88. The fourth-order valence-electron chi connectivity index (χ4n) is 2.53. The van der Waals surface area contributed by atoms with Gasteiger partial charge in [-0.25, -0.2) is 15.0 Å². The van der Waals surface area contributed by atoms with Gasteiger partial charge in [0.2, 0.25) is 0 Å². The van der Waals surface area contributed by atoms with E-state index >= 15 is 0 Å². The number of aliphatic hydroxyl groups is 2. The molecule has 3 atom stereocenters. The molecule has 0 amide bonds. The second kappa shape index (κ2) is 5.40. The van der Waals surface area contributed by atoms with Crippen LogP contribution in [0.1, 0.15) is 25.4 Å². The van der Waals surface area contributed by atoms with Crippen LogP contribution in [0.2, 0.25) is 0 Å². The van der Waals surface area contributed by atoms with Crippen LogP contribution < -0.4 is 5.73 Å². The second-order valence-corrected chi connectivity index (χ2v) is 4.89. The Labute approximate surface area is 120 Å². The number of nitrogens with zero attached hydrogens (tertiary/aromatic N) is 4. The Balaban J connectivity index is 2.12. The standard InChI is InChI=1S/C13H17N5O3/c1-2-3-9-17-11-12(14)15-6-16-13(11)18(9)10-4-7(20)8(5-19)21-10/h2-3,6-8,10,19-20H,4-5H2,1H3,(H2,14,15,16)/b3-2+/t7-,8+,10+/m0/s1. The second-order valence-electron chi connectivity index (χ2n) is 4.89. The van der Waals surface area contributed by atoms with E-state index in [0.717, 1.165) is 0 Å². The lowest BCUT2D eigenvalue weighted by atomic mass is 10.2. The van der Waals surface area contributed by atoms with E-state index in [2.05, 4.69) is 15.0 Å². The van der Waals surface area contributed by atoms with Crippen molar-refractivity contribution in [3.8, 4) is 0 Å². The van der Waals surface area contributed by atoms with Gasteiger partial charge >= 0.3 is 0 Å². The number of hydrogen-bond donors (Lipinski definition) is 3. The van der Waals surface area contributed by atoms with Crippen LogP contribution in [0.4, 0.5) is 5.82 Å². The number of nitrogen functional groups attached to an aromatic ring is 1. The number of ether oxygens (including phenoxy) is 1. The van der Waals surface area contributed by atoms with Crippen LogP contribution in [0.5, 0.6) is 0 Å². The van der Waals surface area contributed by atoms with Crippen molar-refractivity contribution in [2.24, 2.45) is 0 Å². The molecule has 0 spiro atoms. The Morgan fingerprint density at radius 1 is 1.52 bits per heavy atom. The molecule has 0 aliphatic carbocycles. The lowest BCUT2D eigenvalue weighted by molar-refractivity contribution is -0.0434. The van der Waals surface area contributed by atoms with Crippen LogP contribution in [0.25, 0.3) is 17.2 Å². The van der Waals surface area contributed by atoms with E-state index in [0.29, 0.717) is 29.2 Å². The molecule has 21 heavy (non-hydrogen) atoms. The minimum Gasteiger partial charge on any atom is -0.394 e. The number of aliphatic hydroxyl groups excluding tert-OH is 2. The molecule has 0 radical (unpaired) electrons. The molecule has 3 rings (SSSR count). The van der Waals surface area contributed by atoms with Gasteiger partial charge in [-0.1, -0.05) is 6.08 Å². The third-order valence-electron chi connectivity index (χ3n) is 3.52. The third kappa shape index (κ3) is 2.27.